The molecule has 0 saturated heterocycles. The lowest BCUT2D eigenvalue weighted by Crippen LogP contribution is -2.13. The number of allylic oxidation sites excluding steroid dienone is 2. The van der Waals surface area contributed by atoms with Crippen LogP contribution in [0.2, 0.25) is 0 Å². The Morgan fingerprint density at radius 2 is 1.89 bits per heavy atom. The first kappa shape index (κ1) is 17.2. The molecule has 2 aliphatic rings. The highest BCUT2D eigenvalue weighted by molar-refractivity contribution is 5.79. The van der Waals surface area contributed by atoms with E-state index >= 15 is 0 Å². The SMILES string of the molecule is Cc1ccc2c(c1)-c1ccc3c(c1CC2/C=C\c1ccc(C)nc1)CCC=C3. The quantitative estimate of drug-likeness (QED) is 0.495. The zero-order valence-corrected chi connectivity index (χ0v) is 16.6. The van der Waals surface area contributed by atoms with Gasteiger partial charge in [0.05, 0.1) is 0 Å². The highest BCUT2D eigenvalue weighted by Gasteiger charge is 2.26. The summed E-state index contributed by atoms with van der Waals surface area (Å²) < 4.78 is 0. The summed E-state index contributed by atoms with van der Waals surface area (Å²) in [6.07, 6.45) is 14.6. The van der Waals surface area contributed by atoms with E-state index in [9.17, 15) is 0 Å². The summed E-state index contributed by atoms with van der Waals surface area (Å²) in [6.45, 7) is 4.22. The molecule has 28 heavy (non-hydrogen) atoms. The standard InChI is InChI=1S/C27H25N/c1-18-7-13-24-22(11-10-20-9-8-19(2)28-17-20)16-27-23-6-4-3-5-21(23)12-14-25(27)26(24)15-18/h3,5,7-15,17,22H,4,6,16H2,1-2H3/b11-10-. The van der Waals surface area contributed by atoms with Crippen LogP contribution in [0.1, 0.15) is 51.4 Å². The van der Waals surface area contributed by atoms with Crippen LogP contribution < -0.4 is 0 Å². The third-order valence-electron chi connectivity index (χ3n) is 6.10. The van der Waals surface area contributed by atoms with Crippen molar-refractivity contribution in [2.75, 3.05) is 0 Å². The number of rotatable bonds is 2. The molecule has 0 radical (unpaired) electrons. The van der Waals surface area contributed by atoms with E-state index in [0.717, 1.165) is 25.0 Å². The largest absolute Gasteiger partial charge is 0.261 e. The van der Waals surface area contributed by atoms with Crippen molar-refractivity contribution in [2.45, 2.75) is 39.0 Å². The molecule has 0 fully saturated rings. The fraction of sp³-hybridized carbons (Fsp3) is 0.222. The van der Waals surface area contributed by atoms with Crippen LogP contribution in [0, 0.1) is 13.8 Å². The lowest BCUT2D eigenvalue weighted by molar-refractivity contribution is 0.805. The number of benzene rings is 2. The average molecular weight is 364 g/mol. The smallest absolute Gasteiger partial charge is 0.0373 e. The Hall–Kier alpha value is -2.93. The lowest BCUT2D eigenvalue weighted by Gasteiger charge is -2.30. The molecule has 5 rings (SSSR count). The van der Waals surface area contributed by atoms with Gasteiger partial charge >= 0.3 is 0 Å². The predicted molar refractivity (Wildman–Crippen MR) is 118 cm³/mol. The second kappa shape index (κ2) is 6.91. The molecule has 2 aliphatic carbocycles. The third-order valence-corrected chi connectivity index (χ3v) is 6.10. The first-order chi connectivity index (χ1) is 13.7. The Bertz CT molecular complexity index is 1100. The minimum absolute atomic E-state index is 0.404. The molecule has 0 saturated carbocycles. The van der Waals surface area contributed by atoms with E-state index in [2.05, 4.69) is 78.7 Å². The van der Waals surface area contributed by atoms with Crippen molar-refractivity contribution in [1.29, 1.82) is 0 Å². The van der Waals surface area contributed by atoms with Gasteiger partial charge in [-0.05, 0) is 78.1 Å². The van der Waals surface area contributed by atoms with Crippen LogP contribution in [0.25, 0.3) is 23.3 Å². The van der Waals surface area contributed by atoms with Crippen molar-refractivity contribution in [1.82, 2.24) is 4.98 Å². The molecule has 3 aromatic rings. The van der Waals surface area contributed by atoms with Crippen molar-refractivity contribution in [3.63, 3.8) is 0 Å². The van der Waals surface area contributed by atoms with Gasteiger partial charge in [0.2, 0.25) is 0 Å². The molecule has 0 spiro atoms. The third kappa shape index (κ3) is 3.01. The Balaban J connectivity index is 1.61. The summed E-state index contributed by atoms with van der Waals surface area (Å²) in [5.41, 5.74) is 12.4. The number of pyridine rings is 1. The van der Waals surface area contributed by atoms with Crippen LogP contribution >= 0.6 is 0 Å². The number of aryl methyl sites for hydroxylation is 2. The Kier molecular flexibility index (Phi) is 4.24. The van der Waals surface area contributed by atoms with Gasteiger partial charge in [0.25, 0.3) is 0 Å². The van der Waals surface area contributed by atoms with E-state index in [1.54, 1.807) is 11.1 Å². The first-order valence-corrected chi connectivity index (χ1v) is 10.2. The zero-order chi connectivity index (χ0) is 19.1. The molecule has 2 aromatic carbocycles. The van der Waals surface area contributed by atoms with E-state index in [1.807, 2.05) is 13.1 Å². The van der Waals surface area contributed by atoms with Crippen LogP contribution in [0.15, 0.2) is 60.8 Å². The van der Waals surface area contributed by atoms with Gasteiger partial charge in [0.15, 0.2) is 0 Å². The highest BCUT2D eigenvalue weighted by atomic mass is 14.6. The van der Waals surface area contributed by atoms with Gasteiger partial charge in [0, 0.05) is 17.8 Å². The van der Waals surface area contributed by atoms with Gasteiger partial charge in [-0.1, -0.05) is 66.3 Å². The van der Waals surface area contributed by atoms with Gasteiger partial charge < -0.3 is 0 Å². The summed E-state index contributed by atoms with van der Waals surface area (Å²) >= 11 is 0. The van der Waals surface area contributed by atoms with Gasteiger partial charge in [-0.3, -0.25) is 4.98 Å². The maximum Gasteiger partial charge on any atom is 0.0373 e. The number of nitrogens with zero attached hydrogens (tertiary/aromatic N) is 1. The van der Waals surface area contributed by atoms with Crippen molar-refractivity contribution in [3.8, 4) is 11.1 Å². The van der Waals surface area contributed by atoms with Crippen molar-refractivity contribution >= 4 is 12.2 Å². The van der Waals surface area contributed by atoms with Crippen molar-refractivity contribution in [2.24, 2.45) is 0 Å². The summed E-state index contributed by atoms with van der Waals surface area (Å²) in [7, 11) is 0. The van der Waals surface area contributed by atoms with Crippen molar-refractivity contribution in [3.05, 3.63) is 99.9 Å². The Labute approximate surface area is 167 Å². The van der Waals surface area contributed by atoms with Gasteiger partial charge in [-0.15, -0.1) is 0 Å². The van der Waals surface area contributed by atoms with Gasteiger partial charge in [0.1, 0.15) is 0 Å². The maximum atomic E-state index is 4.43. The molecule has 1 heteroatoms. The molecule has 1 heterocycles. The predicted octanol–water partition coefficient (Wildman–Crippen LogP) is 6.68. The number of hydrogen-bond donors (Lipinski definition) is 0. The molecule has 0 bridgehead atoms. The lowest BCUT2D eigenvalue weighted by atomic mass is 9.74. The molecule has 1 nitrogen and oxygen atoms in total. The van der Waals surface area contributed by atoms with Crippen LogP contribution in [0.5, 0.6) is 0 Å². The number of aromatic nitrogens is 1. The molecule has 1 unspecified atom stereocenters. The summed E-state index contributed by atoms with van der Waals surface area (Å²) in [5, 5.41) is 0. The van der Waals surface area contributed by atoms with E-state index in [1.165, 1.54) is 33.4 Å². The molecule has 0 aliphatic heterocycles. The summed E-state index contributed by atoms with van der Waals surface area (Å²) in [6, 6.07) is 15.8. The van der Waals surface area contributed by atoms with E-state index < -0.39 is 0 Å². The second-order valence-corrected chi connectivity index (χ2v) is 8.09. The number of fused-ring (bicyclic) bond motifs is 5. The van der Waals surface area contributed by atoms with E-state index in [4.69, 9.17) is 0 Å². The molecule has 1 atom stereocenters. The highest BCUT2D eigenvalue weighted by Crippen LogP contribution is 2.44. The van der Waals surface area contributed by atoms with E-state index in [0.29, 0.717) is 5.92 Å². The van der Waals surface area contributed by atoms with Gasteiger partial charge in [-0.25, -0.2) is 0 Å². The Morgan fingerprint density at radius 3 is 2.75 bits per heavy atom. The summed E-state index contributed by atoms with van der Waals surface area (Å²) in [4.78, 5) is 4.43. The molecular weight excluding hydrogens is 338 g/mol. The number of hydrogen-bond acceptors (Lipinski definition) is 1. The normalized spacial score (nSPS) is 17.3. The fourth-order valence-electron chi connectivity index (χ4n) is 4.62. The topological polar surface area (TPSA) is 12.9 Å². The first-order valence-electron chi connectivity index (χ1n) is 10.2. The molecule has 138 valence electrons. The minimum atomic E-state index is 0.404. The van der Waals surface area contributed by atoms with E-state index in [-0.39, 0.29) is 0 Å². The van der Waals surface area contributed by atoms with Crippen molar-refractivity contribution < 1.29 is 0 Å². The summed E-state index contributed by atoms with van der Waals surface area (Å²) in [5.74, 6) is 0.404. The fourth-order valence-corrected chi connectivity index (χ4v) is 4.62. The second-order valence-electron chi connectivity index (χ2n) is 8.09. The van der Waals surface area contributed by atoms with Crippen LogP contribution in [0.4, 0.5) is 0 Å². The monoisotopic (exact) mass is 363 g/mol. The Morgan fingerprint density at radius 1 is 0.964 bits per heavy atom. The van der Waals surface area contributed by atoms with Crippen LogP contribution in [0.3, 0.4) is 0 Å². The maximum absolute atomic E-state index is 4.43. The van der Waals surface area contributed by atoms with Crippen LogP contribution in [-0.2, 0) is 12.8 Å². The average Bonchev–Trinajstić information content (AvgIpc) is 2.72. The molecular formula is C27H25N. The van der Waals surface area contributed by atoms with Gasteiger partial charge in [-0.2, -0.15) is 0 Å². The molecule has 0 N–H and O–H groups in total. The molecule has 0 amide bonds. The van der Waals surface area contributed by atoms with Crippen LogP contribution in [-0.4, -0.2) is 4.98 Å². The molecule has 1 aromatic heterocycles. The zero-order valence-electron chi connectivity index (χ0n) is 16.6. The minimum Gasteiger partial charge on any atom is -0.261 e.